The highest BCUT2D eigenvalue weighted by molar-refractivity contribution is 5.95. The van der Waals surface area contributed by atoms with Crippen LogP contribution in [0.2, 0.25) is 0 Å². The molecule has 4 aromatic rings. The lowest BCUT2D eigenvalue weighted by atomic mass is 10.1. The summed E-state index contributed by atoms with van der Waals surface area (Å²) in [6.45, 7) is 4.74. The van der Waals surface area contributed by atoms with E-state index < -0.39 is 11.7 Å². The number of halogens is 3. The zero-order chi connectivity index (χ0) is 25.4. The van der Waals surface area contributed by atoms with Crippen molar-refractivity contribution in [2.24, 2.45) is 5.92 Å². The van der Waals surface area contributed by atoms with Crippen LogP contribution in [0.25, 0.3) is 28.2 Å². The van der Waals surface area contributed by atoms with Gasteiger partial charge in [0.25, 0.3) is 5.91 Å². The molecule has 0 aliphatic heterocycles. The quantitative estimate of drug-likeness (QED) is 0.329. The lowest BCUT2D eigenvalue weighted by Crippen LogP contribution is -2.25. The number of imidazole rings is 1. The number of carbonyl (C=O) groups excluding carboxylic acids is 1. The average molecular weight is 494 g/mol. The van der Waals surface area contributed by atoms with E-state index in [-0.39, 0.29) is 11.9 Å². The first-order valence-corrected chi connectivity index (χ1v) is 11.9. The lowest BCUT2D eigenvalue weighted by Gasteiger charge is -2.14. The van der Waals surface area contributed by atoms with E-state index in [0.717, 1.165) is 36.2 Å². The minimum atomic E-state index is -4.45. The van der Waals surface area contributed by atoms with E-state index >= 15 is 0 Å². The molecule has 0 radical (unpaired) electrons. The highest BCUT2D eigenvalue weighted by atomic mass is 19.4. The van der Waals surface area contributed by atoms with Crippen LogP contribution in [0.15, 0.2) is 60.9 Å². The Morgan fingerprint density at radius 1 is 1.11 bits per heavy atom. The molecular formula is C27H26F3N5O. The molecule has 2 aromatic heterocycles. The fraction of sp³-hybridized carbons (Fsp3) is 0.296. The second kappa shape index (κ2) is 9.29. The van der Waals surface area contributed by atoms with Gasteiger partial charge in [-0.2, -0.15) is 13.2 Å². The second-order valence-corrected chi connectivity index (χ2v) is 9.49. The molecule has 2 N–H and O–H groups in total. The van der Waals surface area contributed by atoms with Gasteiger partial charge in [0.05, 0.1) is 23.1 Å². The van der Waals surface area contributed by atoms with Crippen LogP contribution in [0.3, 0.4) is 0 Å². The number of nitrogens with zero attached hydrogens (tertiary/aromatic N) is 3. The van der Waals surface area contributed by atoms with Gasteiger partial charge in [0, 0.05) is 35.5 Å². The molecule has 1 fully saturated rings. The molecule has 6 nitrogen and oxygen atoms in total. The molecule has 1 saturated carbocycles. The summed E-state index contributed by atoms with van der Waals surface area (Å²) in [4.78, 5) is 21.5. The molecule has 0 saturated heterocycles. The maximum atomic E-state index is 13.3. The summed E-state index contributed by atoms with van der Waals surface area (Å²) in [6.07, 6.45) is 0.975. The molecule has 0 atom stereocenters. The molecule has 36 heavy (non-hydrogen) atoms. The normalized spacial score (nSPS) is 13.8. The Labute approximate surface area is 206 Å². The number of hydrogen-bond donors (Lipinski definition) is 2. The first-order valence-electron chi connectivity index (χ1n) is 11.9. The molecule has 5 rings (SSSR count). The molecule has 0 spiro atoms. The third-order valence-corrected chi connectivity index (χ3v) is 6.01. The van der Waals surface area contributed by atoms with Gasteiger partial charge in [0.1, 0.15) is 0 Å². The highest BCUT2D eigenvalue weighted by Crippen LogP contribution is 2.33. The lowest BCUT2D eigenvalue weighted by molar-refractivity contribution is -0.137. The number of benzene rings is 2. The number of aromatic nitrogens is 3. The van der Waals surface area contributed by atoms with Crippen LogP contribution in [0.5, 0.6) is 0 Å². The smallest absolute Gasteiger partial charge is 0.367 e. The van der Waals surface area contributed by atoms with Crippen molar-refractivity contribution in [3.8, 4) is 22.5 Å². The predicted molar refractivity (Wildman–Crippen MR) is 133 cm³/mol. The minimum Gasteiger partial charge on any atom is -0.367 e. The first kappa shape index (κ1) is 23.8. The molecule has 0 bridgehead atoms. The maximum Gasteiger partial charge on any atom is 0.416 e. The van der Waals surface area contributed by atoms with Crippen molar-refractivity contribution in [1.82, 2.24) is 19.7 Å². The van der Waals surface area contributed by atoms with Crippen molar-refractivity contribution in [3.63, 3.8) is 0 Å². The number of alkyl halides is 3. The van der Waals surface area contributed by atoms with Gasteiger partial charge in [0.2, 0.25) is 0 Å². The fourth-order valence-electron chi connectivity index (χ4n) is 3.90. The van der Waals surface area contributed by atoms with E-state index in [1.165, 1.54) is 6.07 Å². The number of nitrogens with one attached hydrogen (secondary N) is 2. The standard InChI is InChI=1S/C27H26F3N5O/c1-16(2)13-31-24-25-32-14-23(17-6-8-18(9-7-17)26(36)33-21-10-11-21)35(25)15-22(34-24)19-4-3-5-20(12-19)27(28,29)30/h3-9,12,14-16,21H,10-11,13H2,1-2H3,(H,31,34)(H,33,36). The molecule has 1 aliphatic carbocycles. The maximum absolute atomic E-state index is 13.3. The molecule has 2 heterocycles. The second-order valence-electron chi connectivity index (χ2n) is 9.49. The average Bonchev–Trinajstić information content (AvgIpc) is 3.57. The van der Waals surface area contributed by atoms with Crippen LogP contribution in [-0.2, 0) is 6.18 Å². The summed E-state index contributed by atoms with van der Waals surface area (Å²) in [5, 5.41) is 6.26. The van der Waals surface area contributed by atoms with E-state index in [1.807, 2.05) is 16.5 Å². The van der Waals surface area contributed by atoms with Gasteiger partial charge in [-0.25, -0.2) is 9.97 Å². The Morgan fingerprint density at radius 3 is 2.53 bits per heavy atom. The fourth-order valence-corrected chi connectivity index (χ4v) is 3.90. The zero-order valence-electron chi connectivity index (χ0n) is 19.9. The van der Waals surface area contributed by atoms with E-state index in [0.29, 0.717) is 40.7 Å². The minimum absolute atomic E-state index is 0.0987. The predicted octanol–water partition coefficient (Wildman–Crippen LogP) is 6.04. The van der Waals surface area contributed by atoms with Crippen molar-refractivity contribution in [1.29, 1.82) is 0 Å². The van der Waals surface area contributed by atoms with Gasteiger partial charge >= 0.3 is 6.18 Å². The van der Waals surface area contributed by atoms with Crippen LogP contribution in [0, 0.1) is 5.92 Å². The van der Waals surface area contributed by atoms with Gasteiger partial charge in [0.15, 0.2) is 11.5 Å². The Balaban J connectivity index is 1.57. The summed E-state index contributed by atoms with van der Waals surface area (Å²) in [6, 6.07) is 12.6. The number of rotatable bonds is 7. The Bertz CT molecular complexity index is 1410. The highest BCUT2D eigenvalue weighted by Gasteiger charge is 2.30. The van der Waals surface area contributed by atoms with Crippen molar-refractivity contribution >= 4 is 17.4 Å². The number of hydrogen-bond acceptors (Lipinski definition) is 4. The van der Waals surface area contributed by atoms with E-state index in [2.05, 4.69) is 34.4 Å². The summed E-state index contributed by atoms with van der Waals surface area (Å²) in [5.41, 5.74) is 2.71. The molecular weight excluding hydrogens is 467 g/mol. The van der Waals surface area contributed by atoms with Gasteiger partial charge in [-0.15, -0.1) is 0 Å². The Kier molecular flexibility index (Phi) is 6.15. The number of anilines is 1. The summed E-state index contributed by atoms with van der Waals surface area (Å²) in [7, 11) is 0. The van der Waals surface area contributed by atoms with E-state index in [1.54, 1.807) is 30.6 Å². The summed E-state index contributed by atoms with van der Waals surface area (Å²) < 4.78 is 41.9. The molecule has 0 unspecified atom stereocenters. The van der Waals surface area contributed by atoms with Crippen LogP contribution in [-0.4, -0.2) is 32.9 Å². The van der Waals surface area contributed by atoms with Gasteiger partial charge in [-0.1, -0.05) is 38.1 Å². The van der Waals surface area contributed by atoms with E-state index in [4.69, 9.17) is 0 Å². The number of amides is 1. The molecule has 2 aromatic carbocycles. The zero-order valence-corrected chi connectivity index (χ0v) is 19.9. The van der Waals surface area contributed by atoms with Crippen molar-refractivity contribution < 1.29 is 18.0 Å². The first-order chi connectivity index (χ1) is 17.2. The molecule has 186 valence electrons. The number of fused-ring (bicyclic) bond motifs is 1. The SMILES string of the molecule is CC(C)CNc1nc(-c2cccc(C(F)(F)F)c2)cn2c(-c3ccc(C(=O)NC4CC4)cc3)cnc12. The van der Waals surface area contributed by atoms with Crippen LogP contribution >= 0.6 is 0 Å². The monoisotopic (exact) mass is 493 g/mol. The van der Waals surface area contributed by atoms with Gasteiger partial charge in [-0.3, -0.25) is 9.20 Å². The third-order valence-electron chi connectivity index (χ3n) is 6.01. The summed E-state index contributed by atoms with van der Waals surface area (Å²) >= 11 is 0. The van der Waals surface area contributed by atoms with Crippen molar-refractivity contribution in [2.45, 2.75) is 38.9 Å². The molecule has 9 heteroatoms. The third kappa shape index (κ3) is 5.05. The topological polar surface area (TPSA) is 71.3 Å². The largest absolute Gasteiger partial charge is 0.416 e. The van der Waals surface area contributed by atoms with Crippen LogP contribution < -0.4 is 10.6 Å². The Morgan fingerprint density at radius 2 is 1.86 bits per heavy atom. The van der Waals surface area contributed by atoms with Crippen LogP contribution in [0.1, 0.15) is 42.6 Å². The van der Waals surface area contributed by atoms with Crippen LogP contribution in [0.4, 0.5) is 19.0 Å². The summed E-state index contributed by atoms with van der Waals surface area (Å²) in [5.74, 6) is 0.719. The van der Waals surface area contributed by atoms with Crippen molar-refractivity contribution in [2.75, 3.05) is 11.9 Å². The van der Waals surface area contributed by atoms with Crippen molar-refractivity contribution in [3.05, 3.63) is 72.1 Å². The van der Waals surface area contributed by atoms with Gasteiger partial charge < -0.3 is 10.6 Å². The molecule has 1 amide bonds. The Hall–Kier alpha value is -3.88. The molecule has 1 aliphatic rings. The van der Waals surface area contributed by atoms with Gasteiger partial charge in [-0.05, 0) is 43.0 Å². The number of carbonyl (C=O) groups is 1. The van der Waals surface area contributed by atoms with E-state index in [9.17, 15) is 18.0 Å².